The molecule has 0 aliphatic carbocycles. The van der Waals surface area contributed by atoms with Crippen molar-refractivity contribution in [2.24, 2.45) is 0 Å². The number of para-hydroxylation sites is 1. The predicted molar refractivity (Wildman–Crippen MR) is 82.9 cm³/mol. The molecule has 0 aliphatic heterocycles. The fourth-order valence-electron chi connectivity index (χ4n) is 2.13. The van der Waals surface area contributed by atoms with E-state index in [9.17, 15) is 5.11 Å². The Morgan fingerprint density at radius 1 is 1.14 bits per heavy atom. The number of hydrogen-bond donors (Lipinski definition) is 1. The quantitative estimate of drug-likeness (QED) is 0.804. The van der Waals surface area contributed by atoms with Crippen LogP contribution >= 0.6 is 11.6 Å². The Morgan fingerprint density at radius 3 is 2.67 bits per heavy atom. The van der Waals surface area contributed by atoms with E-state index in [4.69, 9.17) is 11.6 Å². The van der Waals surface area contributed by atoms with Gasteiger partial charge >= 0.3 is 0 Å². The molecule has 3 rings (SSSR count). The van der Waals surface area contributed by atoms with Crippen LogP contribution in [0.3, 0.4) is 0 Å². The molecule has 1 aromatic heterocycles. The minimum Gasteiger partial charge on any atom is -0.383 e. The van der Waals surface area contributed by atoms with Crippen molar-refractivity contribution >= 4 is 22.6 Å². The van der Waals surface area contributed by atoms with E-state index in [2.05, 4.69) is 10.3 Å². The topological polar surface area (TPSA) is 50.9 Å². The van der Waals surface area contributed by atoms with Gasteiger partial charge in [-0.2, -0.15) is 0 Å². The average molecular weight is 300 g/mol. The first-order valence-corrected chi connectivity index (χ1v) is 7.00. The van der Waals surface area contributed by atoms with Crippen LogP contribution in [0.2, 0.25) is 0 Å². The number of nitrogens with zero attached hydrogens (tertiary/aromatic N) is 3. The van der Waals surface area contributed by atoms with Gasteiger partial charge < -0.3 is 5.11 Å². The Bertz CT molecular complexity index is 767. The van der Waals surface area contributed by atoms with Gasteiger partial charge in [0.15, 0.2) is 0 Å². The highest BCUT2D eigenvalue weighted by atomic mass is 35.5. The maximum absolute atomic E-state index is 10.2. The summed E-state index contributed by atoms with van der Waals surface area (Å²) in [5.74, 6) is 0. The Hall–Kier alpha value is -2.17. The summed E-state index contributed by atoms with van der Waals surface area (Å²) in [4.78, 5) is 0. The molecule has 1 heterocycles. The number of rotatable bonds is 4. The maximum Gasteiger partial charge on any atom is 0.114 e. The minimum atomic E-state index is -0.817. The molecule has 0 fully saturated rings. The molecule has 5 heteroatoms. The van der Waals surface area contributed by atoms with Gasteiger partial charge in [0.25, 0.3) is 0 Å². The third kappa shape index (κ3) is 2.96. The van der Waals surface area contributed by atoms with Crippen LogP contribution in [0, 0.1) is 0 Å². The highest BCUT2D eigenvalue weighted by molar-refractivity contribution is 6.30. The number of fused-ring (bicyclic) bond motifs is 1. The average Bonchev–Trinajstić information content (AvgIpc) is 2.96. The van der Waals surface area contributed by atoms with Crippen LogP contribution in [0.5, 0.6) is 0 Å². The number of aliphatic hydroxyl groups excluding tert-OH is 1. The van der Waals surface area contributed by atoms with Crippen molar-refractivity contribution in [2.75, 3.05) is 0 Å². The Kier molecular flexibility index (Phi) is 3.99. The number of aromatic nitrogens is 3. The molecule has 0 amide bonds. The fourth-order valence-corrected chi connectivity index (χ4v) is 2.33. The van der Waals surface area contributed by atoms with Gasteiger partial charge in [-0.15, -0.1) is 5.10 Å². The normalized spacial score (nSPS) is 13.5. The molecule has 0 saturated carbocycles. The summed E-state index contributed by atoms with van der Waals surface area (Å²) in [6.45, 7) is 0.462. The molecule has 1 unspecified atom stereocenters. The zero-order valence-electron chi connectivity index (χ0n) is 11.2. The minimum absolute atomic E-state index is 0.376. The lowest BCUT2D eigenvalue weighted by Crippen LogP contribution is -2.01. The van der Waals surface area contributed by atoms with Crippen LogP contribution in [0.25, 0.3) is 11.0 Å². The predicted octanol–water partition coefficient (Wildman–Crippen LogP) is 3.29. The summed E-state index contributed by atoms with van der Waals surface area (Å²) in [6, 6.07) is 17.0. The summed E-state index contributed by atoms with van der Waals surface area (Å²) < 4.78 is 1.75. The first kappa shape index (κ1) is 13.8. The van der Waals surface area contributed by atoms with Crippen molar-refractivity contribution in [3.8, 4) is 0 Å². The molecule has 1 N–H and O–H groups in total. The molecular formula is C16H14ClN3O. The van der Waals surface area contributed by atoms with Crippen LogP contribution in [-0.2, 0) is 6.54 Å². The zero-order valence-corrected chi connectivity index (χ0v) is 12.0. The fraction of sp³-hybridized carbons (Fsp3) is 0.125. The summed E-state index contributed by atoms with van der Waals surface area (Å²) in [6.07, 6.45) is 0.933. The Balaban J connectivity index is 1.79. The third-order valence-corrected chi connectivity index (χ3v) is 3.62. The van der Waals surface area contributed by atoms with Gasteiger partial charge in [-0.05, 0) is 23.8 Å². The molecule has 2 aromatic carbocycles. The molecule has 0 saturated heterocycles. The molecule has 3 aromatic rings. The molecule has 4 nitrogen and oxygen atoms in total. The number of allylic oxidation sites excluding steroid dienone is 1. The lowest BCUT2D eigenvalue weighted by atomic mass is 10.1. The monoisotopic (exact) mass is 299 g/mol. The second kappa shape index (κ2) is 6.08. The van der Waals surface area contributed by atoms with E-state index in [1.54, 1.807) is 10.8 Å². The molecule has 1 atom stereocenters. The van der Waals surface area contributed by atoms with Gasteiger partial charge in [-0.1, -0.05) is 59.3 Å². The van der Waals surface area contributed by atoms with E-state index in [0.29, 0.717) is 11.6 Å². The SMILES string of the molecule is OC(/C(Cl)=C\Cn1nnc2ccccc21)c1ccccc1. The first-order valence-electron chi connectivity index (χ1n) is 6.62. The molecule has 106 valence electrons. The van der Waals surface area contributed by atoms with E-state index in [1.807, 2.05) is 54.6 Å². The van der Waals surface area contributed by atoms with Crippen molar-refractivity contribution in [1.29, 1.82) is 0 Å². The number of benzene rings is 2. The van der Waals surface area contributed by atoms with Crippen molar-refractivity contribution in [2.45, 2.75) is 12.6 Å². The van der Waals surface area contributed by atoms with E-state index in [1.165, 1.54) is 0 Å². The van der Waals surface area contributed by atoms with Crippen LogP contribution in [0.1, 0.15) is 11.7 Å². The van der Waals surface area contributed by atoms with Crippen molar-refractivity contribution < 1.29 is 5.11 Å². The molecular weight excluding hydrogens is 286 g/mol. The molecule has 0 bridgehead atoms. The first-order chi connectivity index (χ1) is 10.3. The van der Waals surface area contributed by atoms with Gasteiger partial charge in [0, 0.05) is 5.03 Å². The molecule has 0 aliphatic rings. The zero-order chi connectivity index (χ0) is 14.7. The van der Waals surface area contributed by atoms with E-state index < -0.39 is 6.10 Å². The van der Waals surface area contributed by atoms with Crippen LogP contribution < -0.4 is 0 Å². The van der Waals surface area contributed by atoms with Crippen LogP contribution in [0.4, 0.5) is 0 Å². The van der Waals surface area contributed by atoms with Crippen LogP contribution in [0.15, 0.2) is 65.7 Å². The summed E-state index contributed by atoms with van der Waals surface area (Å²) in [5, 5.41) is 18.7. The second-order valence-corrected chi connectivity index (χ2v) is 5.10. The van der Waals surface area contributed by atoms with Gasteiger partial charge in [-0.25, -0.2) is 4.68 Å². The number of halogens is 1. The molecule has 0 spiro atoms. The van der Waals surface area contributed by atoms with Gasteiger partial charge in [0.1, 0.15) is 11.6 Å². The third-order valence-electron chi connectivity index (χ3n) is 3.26. The second-order valence-electron chi connectivity index (χ2n) is 4.66. The van der Waals surface area contributed by atoms with Crippen LogP contribution in [-0.4, -0.2) is 20.1 Å². The number of hydrogen-bond acceptors (Lipinski definition) is 3. The standard InChI is InChI=1S/C16H14ClN3O/c17-13(16(21)12-6-2-1-3-7-12)10-11-20-15-9-5-4-8-14(15)18-19-20/h1-10,16,21H,11H2/b13-10+. The summed E-state index contributed by atoms with van der Waals surface area (Å²) in [5.41, 5.74) is 2.54. The molecule has 0 radical (unpaired) electrons. The van der Waals surface area contributed by atoms with E-state index in [0.717, 1.165) is 16.6 Å². The van der Waals surface area contributed by atoms with Gasteiger partial charge in [0.05, 0.1) is 12.1 Å². The van der Waals surface area contributed by atoms with E-state index in [-0.39, 0.29) is 0 Å². The Morgan fingerprint density at radius 2 is 1.86 bits per heavy atom. The lowest BCUT2D eigenvalue weighted by molar-refractivity contribution is 0.223. The van der Waals surface area contributed by atoms with Gasteiger partial charge in [0.2, 0.25) is 0 Å². The van der Waals surface area contributed by atoms with Gasteiger partial charge in [-0.3, -0.25) is 0 Å². The maximum atomic E-state index is 10.2. The number of aliphatic hydroxyl groups is 1. The van der Waals surface area contributed by atoms with Crippen molar-refractivity contribution in [3.05, 3.63) is 71.3 Å². The Labute approximate surface area is 127 Å². The summed E-state index contributed by atoms with van der Waals surface area (Å²) in [7, 11) is 0. The largest absolute Gasteiger partial charge is 0.383 e. The van der Waals surface area contributed by atoms with Crippen molar-refractivity contribution in [1.82, 2.24) is 15.0 Å². The van der Waals surface area contributed by atoms with E-state index >= 15 is 0 Å². The lowest BCUT2D eigenvalue weighted by Gasteiger charge is -2.09. The highest BCUT2D eigenvalue weighted by Crippen LogP contribution is 2.24. The van der Waals surface area contributed by atoms with Crippen molar-refractivity contribution in [3.63, 3.8) is 0 Å². The highest BCUT2D eigenvalue weighted by Gasteiger charge is 2.11. The molecule has 21 heavy (non-hydrogen) atoms. The smallest absolute Gasteiger partial charge is 0.114 e. The summed E-state index contributed by atoms with van der Waals surface area (Å²) >= 11 is 6.18.